The highest BCUT2D eigenvalue weighted by Gasteiger charge is 2.36. The third kappa shape index (κ3) is 3.80. The van der Waals surface area contributed by atoms with Crippen LogP contribution in [0.3, 0.4) is 0 Å². The normalized spacial score (nSPS) is 19.2. The average Bonchev–Trinajstić information content (AvgIpc) is 2.60. The first kappa shape index (κ1) is 17.8. The van der Waals surface area contributed by atoms with E-state index in [4.69, 9.17) is 9.47 Å². The minimum atomic E-state index is -0.509. The van der Waals surface area contributed by atoms with Gasteiger partial charge in [-0.3, -0.25) is 4.79 Å². The lowest BCUT2D eigenvalue weighted by molar-refractivity contribution is -0.139. The van der Waals surface area contributed by atoms with Crippen LogP contribution in [0, 0.1) is 0 Å². The second-order valence-electron chi connectivity index (χ2n) is 6.47. The highest BCUT2D eigenvalue weighted by molar-refractivity contribution is 8.07. The Morgan fingerprint density at radius 3 is 2.68 bits per heavy atom. The van der Waals surface area contributed by atoms with E-state index in [1.54, 1.807) is 31.2 Å². The summed E-state index contributed by atoms with van der Waals surface area (Å²) in [4.78, 5) is 26.6. The van der Waals surface area contributed by atoms with Crippen molar-refractivity contribution < 1.29 is 19.1 Å². The summed E-state index contributed by atoms with van der Waals surface area (Å²) in [6.07, 6.45) is 0.644. The van der Waals surface area contributed by atoms with E-state index in [2.05, 4.69) is 5.32 Å². The van der Waals surface area contributed by atoms with Gasteiger partial charge in [0.1, 0.15) is 5.70 Å². The summed E-state index contributed by atoms with van der Waals surface area (Å²) in [6, 6.07) is 8.93. The maximum atomic E-state index is 12.9. The lowest BCUT2D eigenvalue weighted by Crippen LogP contribution is -2.38. The number of carbonyl (C=O) groups is 2. The molecular formula is C19H21NO4S. The number of ether oxygens (including phenoxy) is 2. The van der Waals surface area contributed by atoms with Gasteiger partial charge in [-0.25, -0.2) is 4.79 Å². The molecule has 0 atom stereocenters. The van der Waals surface area contributed by atoms with Crippen LogP contribution in [0.2, 0.25) is 0 Å². The summed E-state index contributed by atoms with van der Waals surface area (Å²) in [5.74, 6) is -0.706. The fraction of sp³-hybridized carbons (Fsp3) is 0.368. The predicted molar refractivity (Wildman–Crippen MR) is 96.8 cm³/mol. The SMILES string of the molecule is CCOC(=O)C1=C(C(=O)c2ccccc2)SC2=C(CC(C)(C)OC2)N1. The van der Waals surface area contributed by atoms with Crippen LogP contribution in [-0.2, 0) is 14.3 Å². The van der Waals surface area contributed by atoms with E-state index in [0.717, 1.165) is 10.6 Å². The Morgan fingerprint density at radius 2 is 2.00 bits per heavy atom. The van der Waals surface area contributed by atoms with E-state index in [-0.39, 0.29) is 23.7 Å². The van der Waals surface area contributed by atoms with Crippen LogP contribution >= 0.6 is 11.8 Å². The van der Waals surface area contributed by atoms with Crippen LogP contribution in [0.4, 0.5) is 0 Å². The van der Waals surface area contributed by atoms with Crippen LogP contribution in [0.5, 0.6) is 0 Å². The Hall–Kier alpha value is -2.05. The molecule has 0 saturated heterocycles. The van der Waals surface area contributed by atoms with Gasteiger partial charge in [-0.2, -0.15) is 0 Å². The highest BCUT2D eigenvalue weighted by Crippen LogP contribution is 2.41. The van der Waals surface area contributed by atoms with E-state index in [0.29, 0.717) is 23.5 Å². The van der Waals surface area contributed by atoms with E-state index in [1.165, 1.54) is 11.8 Å². The fourth-order valence-corrected chi connectivity index (χ4v) is 3.80. The number of rotatable bonds is 4. The van der Waals surface area contributed by atoms with E-state index < -0.39 is 5.97 Å². The van der Waals surface area contributed by atoms with Crippen molar-refractivity contribution in [3.05, 3.63) is 57.1 Å². The number of ketones is 1. The number of hydrogen-bond acceptors (Lipinski definition) is 6. The molecule has 6 heteroatoms. The summed E-state index contributed by atoms with van der Waals surface area (Å²) in [5, 5.41) is 3.16. The number of hydrogen-bond donors (Lipinski definition) is 1. The van der Waals surface area contributed by atoms with Gasteiger partial charge >= 0.3 is 5.97 Å². The molecule has 0 fully saturated rings. The van der Waals surface area contributed by atoms with Crippen LogP contribution in [0.15, 0.2) is 51.5 Å². The third-order valence-corrected chi connectivity index (χ3v) is 5.19. The molecule has 0 unspecified atom stereocenters. The molecule has 1 N–H and O–H groups in total. The lowest BCUT2D eigenvalue weighted by Gasteiger charge is -2.36. The van der Waals surface area contributed by atoms with Crippen LogP contribution in [0.25, 0.3) is 0 Å². The molecule has 1 aromatic rings. The van der Waals surface area contributed by atoms with Gasteiger partial charge in [0, 0.05) is 22.6 Å². The Labute approximate surface area is 151 Å². The molecule has 0 saturated carbocycles. The van der Waals surface area contributed by atoms with Crippen molar-refractivity contribution in [2.24, 2.45) is 0 Å². The Morgan fingerprint density at radius 1 is 1.28 bits per heavy atom. The van der Waals surface area contributed by atoms with Crippen molar-refractivity contribution in [1.29, 1.82) is 0 Å². The molecule has 0 radical (unpaired) electrons. The van der Waals surface area contributed by atoms with Gasteiger partial charge in [-0.15, -0.1) is 0 Å². The Bertz CT molecular complexity index is 765. The topological polar surface area (TPSA) is 64.6 Å². The highest BCUT2D eigenvalue weighted by atomic mass is 32.2. The summed E-state index contributed by atoms with van der Waals surface area (Å²) < 4.78 is 11.0. The number of esters is 1. The van der Waals surface area contributed by atoms with Crippen LogP contribution in [-0.4, -0.2) is 30.6 Å². The maximum absolute atomic E-state index is 12.9. The van der Waals surface area contributed by atoms with E-state index in [1.807, 2.05) is 19.9 Å². The summed E-state index contributed by atoms with van der Waals surface area (Å²) >= 11 is 1.30. The first-order valence-electron chi connectivity index (χ1n) is 8.23. The second-order valence-corrected chi connectivity index (χ2v) is 7.58. The molecule has 0 aromatic heterocycles. The molecule has 1 aromatic carbocycles. The van der Waals surface area contributed by atoms with Gasteiger partial charge in [0.05, 0.1) is 23.7 Å². The Kier molecular flexibility index (Phi) is 5.01. The van der Waals surface area contributed by atoms with Gasteiger partial charge in [0.25, 0.3) is 0 Å². The maximum Gasteiger partial charge on any atom is 0.356 e. The van der Waals surface area contributed by atoms with Gasteiger partial charge in [0.2, 0.25) is 5.78 Å². The zero-order valence-electron chi connectivity index (χ0n) is 14.5. The Balaban J connectivity index is 1.97. The number of thioether (sulfide) groups is 1. The van der Waals surface area contributed by atoms with Gasteiger partial charge in [0.15, 0.2) is 0 Å². The van der Waals surface area contributed by atoms with Gasteiger partial charge in [-0.05, 0) is 20.8 Å². The molecule has 2 aliphatic rings. The van der Waals surface area contributed by atoms with E-state index >= 15 is 0 Å². The summed E-state index contributed by atoms with van der Waals surface area (Å²) in [6.45, 7) is 6.42. The molecule has 2 heterocycles. The van der Waals surface area contributed by atoms with Crippen LogP contribution in [0.1, 0.15) is 37.6 Å². The standard InChI is InChI=1S/C19H21NO4S/c1-4-23-18(22)15-17(16(21)12-8-6-5-7-9-12)25-14-11-24-19(2,3)10-13(14)20-15/h5-9,20H,4,10-11H2,1-3H3. The fourth-order valence-electron chi connectivity index (χ4n) is 2.74. The van der Waals surface area contributed by atoms with Crippen molar-refractivity contribution in [2.45, 2.75) is 32.8 Å². The molecule has 2 aliphatic heterocycles. The number of benzene rings is 1. The molecular weight excluding hydrogens is 338 g/mol. The minimum absolute atomic E-state index is 0.197. The minimum Gasteiger partial charge on any atom is -0.461 e. The molecule has 0 bridgehead atoms. The number of carbonyl (C=O) groups excluding carboxylic acids is 2. The molecule has 5 nitrogen and oxygen atoms in total. The van der Waals surface area contributed by atoms with Crippen molar-refractivity contribution in [1.82, 2.24) is 5.32 Å². The van der Waals surface area contributed by atoms with Crippen molar-refractivity contribution in [3.8, 4) is 0 Å². The molecule has 132 valence electrons. The summed E-state index contributed by atoms with van der Waals surface area (Å²) in [5.41, 5.74) is 1.37. The quantitative estimate of drug-likeness (QED) is 0.657. The molecule has 0 aliphatic carbocycles. The van der Waals surface area contributed by atoms with Crippen molar-refractivity contribution in [2.75, 3.05) is 13.2 Å². The zero-order chi connectivity index (χ0) is 18.0. The lowest BCUT2D eigenvalue weighted by atomic mass is 9.99. The number of allylic oxidation sites excluding steroid dienone is 1. The average molecular weight is 359 g/mol. The van der Waals surface area contributed by atoms with Crippen LogP contribution < -0.4 is 5.32 Å². The summed E-state index contributed by atoms with van der Waals surface area (Å²) in [7, 11) is 0. The smallest absolute Gasteiger partial charge is 0.356 e. The van der Waals surface area contributed by atoms with Crippen molar-refractivity contribution >= 4 is 23.5 Å². The molecule has 0 spiro atoms. The largest absolute Gasteiger partial charge is 0.461 e. The second kappa shape index (κ2) is 7.06. The predicted octanol–water partition coefficient (Wildman–Crippen LogP) is 3.39. The zero-order valence-corrected chi connectivity index (χ0v) is 15.4. The third-order valence-electron chi connectivity index (χ3n) is 3.98. The van der Waals surface area contributed by atoms with Crippen molar-refractivity contribution in [3.63, 3.8) is 0 Å². The van der Waals surface area contributed by atoms with Gasteiger partial charge < -0.3 is 14.8 Å². The van der Waals surface area contributed by atoms with Gasteiger partial charge in [-0.1, -0.05) is 42.1 Å². The van der Waals surface area contributed by atoms with E-state index in [9.17, 15) is 9.59 Å². The first-order valence-corrected chi connectivity index (χ1v) is 9.05. The number of Topliss-reactive ketones (excluding diaryl/α,β-unsaturated/α-hetero) is 1. The first-order chi connectivity index (χ1) is 11.9. The monoisotopic (exact) mass is 359 g/mol. The molecule has 3 rings (SSSR count). The molecule has 0 amide bonds. The molecule has 25 heavy (non-hydrogen) atoms. The number of nitrogens with one attached hydrogen (secondary N) is 1.